The van der Waals surface area contributed by atoms with Crippen LogP contribution >= 0.6 is 49.9 Å². The molecule has 0 spiro atoms. The first-order valence-electron chi connectivity index (χ1n) is 2.28. The molecule has 1 nitrogen and oxygen atoms in total. The molecule has 1 aromatic rings. The molecule has 0 aliphatic rings. The summed E-state index contributed by atoms with van der Waals surface area (Å²) < 4.78 is 2.23. The summed E-state index contributed by atoms with van der Waals surface area (Å²) in [6, 6.07) is 0. The summed E-state index contributed by atoms with van der Waals surface area (Å²) in [4.78, 5) is 0. The molecule has 0 bridgehead atoms. The highest BCUT2D eigenvalue weighted by atomic mass is 127. The molecule has 0 aromatic carbocycles. The van der Waals surface area contributed by atoms with Crippen molar-refractivity contribution in [2.75, 3.05) is 0 Å². The Bertz CT molecular complexity index is 211. The monoisotopic (exact) mass is 318 g/mol. The number of aliphatic hydroxyl groups is 1. The fourth-order valence-electron chi connectivity index (χ4n) is 0.459. The van der Waals surface area contributed by atoms with Crippen LogP contribution in [-0.4, -0.2) is 5.11 Å². The molecule has 0 radical (unpaired) electrons. The third-order valence-corrected chi connectivity index (χ3v) is 4.95. The molecule has 1 N–H and O–H groups in total. The average Bonchev–Trinajstić information content (AvgIpc) is 2.15. The lowest BCUT2D eigenvalue weighted by Gasteiger charge is -1.88. The zero-order chi connectivity index (χ0) is 6.85. The van der Waals surface area contributed by atoms with E-state index < -0.39 is 0 Å². The molecule has 0 aliphatic heterocycles. The molecule has 0 saturated heterocycles. The minimum Gasteiger partial charge on any atom is -0.392 e. The second-order valence-electron chi connectivity index (χ2n) is 1.51. The van der Waals surface area contributed by atoms with Gasteiger partial charge in [0.2, 0.25) is 0 Å². The first kappa shape index (κ1) is 7.97. The van der Waals surface area contributed by atoms with Crippen LogP contribution in [0.4, 0.5) is 0 Å². The maximum atomic E-state index is 8.71. The summed E-state index contributed by atoms with van der Waals surface area (Å²) in [5.74, 6) is 0. The lowest BCUT2D eigenvalue weighted by atomic mass is 10.4. The van der Waals surface area contributed by atoms with Crippen LogP contribution in [0.25, 0.3) is 0 Å². The van der Waals surface area contributed by atoms with Crippen LogP contribution in [0.3, 0.4) is 0 Å². The molecule has 0 atom stereocenters. The maximum absolute atomic E-state index is 8.71. The van der Waals surface area contributed by atoms with E-state index in [0.29, 0.717) is 0 Å². The second-order valence-corrected chi connectivity index (χ2v) is 4.99. The number of rotatable bonds is 1. The van der Waals surface area contributed by atoms with E-state index in [2.05, 4.69) is 38.5 Å². The first-order valence-corrected chi connectivity index (χ1v) is 5.03. The largest absolute Gasteiger partial charge is 0.392 e. The Labute approximate surface area is 79.4 Å². The van der Waals surface area contributed by atoms with Crippen molar-refractivity contribution in [1.82, 2.24) is 0 Å². The highest BCUT2D eigenvalue weighted by Crippen LogP contribution is 2.29. The van der Waals surface area contributed by atoms with Gasteiger partial charge in [-0.1, -0.05) is 0 Å². The molecular weight excluding hydrogens is 315 g/mol. The van der Waals surface area contributed by atoms with Crippen molar-refractivity contribution in [1.29, 1.82) is 0 Å². The molecule has 0 saturated carbocycles. The van der Waals surface area contributed by atoms with Crippen molar-refractivity contribution in [3.63, 3.8) is 0 Å². The Balaban J connectivity index is 3.04. The van der Waals surface area contributed by atoms with E-state index in [1.54, 1.807) is 11.3 Å². The van der Waals surface area contributed by atoms with Gasteiger partial charge in [0, 0.05) is 10.0 Å². The predicted molar refractivity (Wildman–Crippen MR) is 50.7 cm³/mol. The van der Waals surface area contributed by atoms with E-state index in [1.165, 1.54) is 2.88 Å². The summed E-state index contributed by atoms with van der Waals surface area (Å²) in [5, 5.41) is 10.7. The Morgan fingerprint density at radius 3 is 2.67 bits per heavy atom. The smallest absolute Gasteiger partial charge is 0.0799 e. The highest BCUT2D eigenvalue weighted by molar-refractivity contribution is 14.1. The van der Waals surface area contributed by atoms with Gasteiger partial charge in [-0.05, 0) is 43.9 Å². The van der Waals surface area contributed by atoms with E-state index in [9.17, 15) is 0 Å². The SMILES string of the molecule is OCc1csc(I)c1Br. The van der Waals surface area contributed by atoms with Gasteiger partial charge in [0.05, 0.1) is 9.49 Å². The summed E-state index contributed by atoms with van der Waals surface area (Å²) in [7, 11) is 0. The Morgan fingerprint density at radius 1 is 1.78 bits per heavy atom. The normalized spacial score (nSPS) is 10.1. The number of aliphatic hydroxyl groups excluding tert-OH is 1. The van der Waals surface area contributed by atoms with E-state index in [1.807, 2.05) is 5.38 Å². The zero-order valence-corrected chi connectivity index (χ0v) is 8.96. The Hall–Kier alpha value is 0.870. The minimum absolute atomic E-state index is 0.125. The zero-order valence-electron chi connectivity index (χ0n) is 4.40. The fraction of sp³-hybridized carbons (Fsp3) is 0.200. The van der Waals surface area contributed by atoms with E-state index in [-0.39, 0.29) is 6.61 Å². The average molecular weight is 319 g/mol. The van der Waals surface area contributed by atoms with Crippen molar-refractivity contribution in [3.8, 4) is 0 Å². The summed E-state index contributed by atoms with van der Waals surface area (Å²) in [6.07, 6.45) is 0. The first-order chi connectivity index (χ1) is 4.25. The van der Waals surface area contributed by atoms with Gasteiger partial charge in [-0.2, -0.15) is 0 Å². The third-order valence-electron chi connectivity index (χ3n) is 0.929. The van der Waals surface area contributed by atoms with Crippen molar-refractivity contribution >= 4 is 49.9 Å². The molecule has 0 aliphatic carbocycles. The van der Waals surface area contributed by atoms with Crippen LogP contribution < -0.4 is 0 Å². The summed E-state index contributed by atoms with van der Waals surface area (Å²) in [5.41, 5.74) is 0.976. The van der Waals surface area contributed by atoms with Gasteiger partial charge in [-0.25, -0.2) is 0 Å². The van der Waals surface area contributed by atoms with Gasteiger partial charge in [0.1, 0.15) is 0 Å². The van der Waals surface area contributed by atoms with Gasteiger partial charge in [0.15, 0.2) is 0 Å². The van der Waals surface area contributed by atoms with Gasteiger partial charge >= 0.3 is 0 Å². The van der Waals surface area contributed by atoms with Crippen molar-refractivity contribution in [2.45, 2.75) is 6.61 Å². The molecule has 50 valence electrons. The maximum Gasteiger partial charge on any atom is 0.0799 e. The van der Waals surface area contributed by atoms with Gasteiger partial charge in [0.25, 0.3) is 0 Å². The van der Waals surface area contributed by atoms with Crippen LogP contribution in [0.2, 0.25) is 0 Å². The summed E-state index contributed by atoms with van der Waals surface area (Å²) >= 11 is 7.22. The molecule has 1 heterocycles. The van der Waals surface area contributed by atoms with Gasteiger partial charge in [-0.15, -0.1) is 11.3 Å². The van der Waals surface area contributed by atoms with Crippen LogP contribution in [0.15, 0.2) is 9.85 Å². The standard InChI is InChI=1S/C5H4BrIOS/c6-4-3(1-8)2-9-5(4)7/h2,8H,1H2. The van der Waals surface area contributed by atoms with Crippen molar-refractivity contribution < 1.29 is 5.11 Å². The molecule has 1 rings (SSSR count). The molecule has 4 heteroatoms. The number of halogens is 2. The molecule has 0 amide bonds. The number of thiophene rings is 1. The van der Waals surface area contributed by atoms with Crippen molar-refractivity contribution in [2.24, 2.45) is 0 Å². The third kappa shape index (κ3) is 1.66. The van der Waals surface area contributed by atoms with Crippen LogP contribution in [0.5, 0.6) is 0 Å². The second kappa shape index (κ2) is 3.32. The fourth-order valence-corrected chi connectivity index (χ4v) is 2.53. The predicted octanol–water partition coefficient (Wildman–Crippen LogP) is 2.61. The molecule has 9 heavy (non-hydrogen) atoms. The molecule has 0 unspecified atom stereocenters. The minimum atomic E-state index is 0.125. The lowest BCUT2D eigenvalue weighted by molar-refractivity contribution is 0.281. The quantitative estimate of drug-likeness (QED) is 0.789. The number of hydrogen-bond donors (Lipinski definition) is 1. The highest BCUT2D eigenvalue weighted by Gasteiger charge is 2.03. The van der Waals surface area contributed by atoms with E-state index >= 15 is 0 Å². The lowest BCUT2D eigenvalue weighted by Crippen LogP contribution is -1.77. The number of hydrogen-bond acceptors (Lipinski definition) is 2. The Morgan fingerprint density at radius 2 is 2.44 bits per heavy atom. The van der Waals surface area contributed by atoms with E-state index in [4.69, 9.17) is 5.11 Å². The molecular formula is C5H4BrIOS. The van der Waals surface area contributed by atoms with Crippen molar-refractivity contribution in [3.05, 3.63) is 18.3 Å². The molecule has 1 aromatic heterocycles. The van der Waals surface area contributed by atoms with E-state index in [0.717, 1.165) is 10.0 Å². The van der Waals surface area contributed by atoms with Gasteiger partial charge in [-0.3, -0.25) is 0 Å². The topological polar surface area (TPSA) is 20.2 Å². The molecule has 0 fully saturated rings. The Kier molecular flexibility index (Phi) is 2.94. The summed E-state index contributed by atoms with van der Waals surface area (Å²) in [6.45, 7) is 0.125. The van der Waals surface area contributed by atoms with Crippen LogP contribution in [0, 0.1) is 2.88 Å². The van der Waals surface area contributed by atoms with Crippen LogP contribution in [-0.2, 0) is 6.61 Å². The van der Waals surface area contributed by atoms with Gasteiger partial charge < -0.3 is 5.11 Å². The van der Waals surface area contributed by atoms with Crippen LogP contribution in [0.1, 0.15) is 5.56 Å².